The lowest BCUT2D eigenvalue weighted by atomic mass is 10.0. The fourth-order valence-electron chi connectivity index (χ4n) is 1.92. The summed E-state index contributed by atoms with van der Waals surface area (Å²) in [5.41, 5.74) is 12.9. The molecule has 5 heteroatoms. The van der Waals surface area contributed by atoms with Gasteiger partial charge in [-0.3, -0.25) is 10.8 Å². The molecule has 0 heterocycles. The van der Waals surface area contributed by atoms with Crippen molar-refractivity contribution in [1.82, 2.24) is 0 Å². The van der Waals surface area contributed by atoms with Crippen LogP contribution in [0.1, 0.15) is 22.3 Å². The van der Waals surface area contributed by atoms with Gasteiger partial charge < -0.3 is 16.6 Å². The second kappa shape index (κ2) is 5.92. The molecule has 0 atom stereocenters. The zero-order chi connectivity index (χ0) is 15.4. The van der Waals surface area contributed by atoms with Crippen LogP contribution < -0.4 is 11.5 Å². The lowest BCUT2D eigenvalue weighted by molar-refractivity contribution is 0.472. The minimum absolute atomic E-state index is 0.162. The Hall–Kier alpha value is -3.08. The molecule has 2 rings (SSSR count). The summed E-state index contributed by atoms with van der Waals surface area (Å²) in [6, 6.07) is 12.9. The molecule has 0 aliphatic rings. The summed E-state index contributed by atoms with van der Waals surface area (Å²) < 4.78 is 0. The maximum absolute atomic E-state index is 9.97. The third-order valence-corrected chi connectivity index (χ3v) is 2.98. The number of hydrogen-bond acceptors (Lipinski definition) is 3. The van der Waals surface area contributed by atoms with Gasteiger partial charge in [-0.05, 0) is 23.3 Å². The van der Waals surface area contributed by atoms with Crippen molar-refractivity contribution in [3.63, 3.8) is 0 Å². The van der Waals surface area contributed by atoms with E-state index in [-0.39, 0.29) is 28.5 Å². The summed E-state index contributed by atoms with van der Waals surface area (Å²) in [5, 5.41) is 25.0. The fraction of sp³-hybridized carbons (Fsp3) is 0. The second-order valence-electron chi connectivity index (χ2n) is 4.54. The van der Waals surface area contributed by atoms with Crippen LogP contribution in [0.15, 0.2) is 42.5 Å². The average Bonchev–Trinajstić information content (AvgIpc) is 2.46. The van der Waals surface area contributed by atoms with E-state index in [1.807, 2.05) is 42.5 Å². The summed E-state index contributed by atoms with van der Waals surface area (Å²) in [6.07, 6.45) is 3.70. The molecule has 0 aromatic heterocycles. The van der Waals surface area contributed by atoms with Gasteiger partial charge in [-0.2, -0.15) is 0 Å². The van der Waals surface area contributed by atoms with E-state index >= 15 is 0 Å². The Morgan fingerprint density at radius 1 is 0.857 bits per heavy atom. The molecule has 0 aliphatic heterocycles. The Bertz CT molecular complexity index is 685. The Labute approximate surface area is 122 Å². The zero-order valence-corrected chi connectivity index (χ0v) is 11.3. The first kappa shape index (κ1) is 14.3. The van der Waals surface area contributed by atoms with E-state index in [2.05, 4.69) is 0 Å². The Kier molecular flexibility index (Phi) is 4.04. The number of aromatic hydroxyl groups is 1. The molecular formula is C16H16N4O. The number of rotatable bonds is 4. The van der Waals surface area contributed by atoms with E-state index < -0.39 is 0 Å². The number of hydrogen-bond donors (Lipinski definition) is 5. The first-order chi connectivity index (χ1) is 9.99. The zero-order valence-electron chi connectivity index (χ0n) is 11.3. The van der Waals surface area contributed by atoms with Crippen LogP contribution in [0.25, 0.3) is 12.2 Å². The average molecular weight is 280 g/mol. The molecule has 0 aliphatic carbocycles. The quantitative estimate of drug-likeness (QED) is 0.335. The standard InChI is InChI=1S/C16H16N4O/c17-15(18)12-8-11(9-13(14(12)21)16(19)20)7-6-10-4-2-1-3-5-10/h1-9,21H,(H3,17,18)(H3,19,20). The highest BCUT2D eigenvalue weighted by Crippen LogP contribution is 2.25. The van der Waals surface area contributed by atoms with E-state index in [1.54, 1.807) is 12.1 Å². The van der Waals surface area contributed by atoms with E-state index in [9.17, 15) is 5.11 Å². The predicted octanol–water partition coefficient (Wildman–Crippen LogP) is 2.13. The Balaban J connectivity index is 2.47. The van der Waals surface area contributed by atoms with Crippen molar-refractivity contribution in [3.8, 4) is 5.75 Å². The van der Waals surface area contributed by atoms with Crippen LogP contribution in [0, 0.1) is 10.8 Å². The summed E-state index contributed by atoms with van der Waals surface area (Å²) in [4.78, 5) is 0. The first-order valence-electron chi connectivity index (χ1n) is 6.28. The summed E-state index contributed by atoms with van der Waals surface area (Å²) in [7, 11) is 0. The normalized spacial score (nSPS) is 10.7. The molecule has 2 aromatic carbocycles. The van der Waals surface area contributed by atoms with Crippen molar-refractivity contribution >= 4 is 23.8 Å². The summed E-state index contributed by atoms with van der Waals surface area (Å²) in [6.45, 7) is 0. The maximum atomic E-state index is 9.97. The van der Waals surface area contributed by atoms with Crippen molar-refractivity contribution in [1.29, 1.82) is 10.8 Å². The molecule has 21 heavy (non-hydrogen) atoms. The second-order valence-corrected chi connectivity index (χ2v) is 4.54. The van der Waals surface area contributed by atoms with Crippen molar-refractivity contribution in [2.75, 3.05) is 0 Å². The van der Waals surface area contributed by atoms with Gasteiger partial charge in [-0.25, -0.2) is 0 Å². The van der Waals surface area contributed by atoms with Crippen molar-refractivity contribution in [3.05, 3.63) is 64.7 Å². The largest absolute Gasteiger partial charge is 0.506 e. The third kappa shape index (κ3) is 3.27. The third-order valence-electron chi connectivity index (χ3n) is 2.98. The SMILES string of the molecule is N=C(N)c1cc(C=Cc2ccccc2)cc(C(=N)N)c1O. The molecule has 0 amide bonds. The number of amidine groups is 2. The van der Waals surface area contributed by atoms with Gasteiger partial charge in [0.05, 0.1) is 11.1 Å². The Morgan fingerprint density at radius 3 is 1.81 bits per heavy atom. The number of nitrogens with two attached hydrogens (primary N) is 2. The molecule has 106 valence electrons. The molecule has 0 spiro atoms. The number of phenols is 1. The predicted molar refractivity (Wildman–Crippen MR) is 85.5 cm³/mol. The van der Waals surface area contributed by atoms with Crippen LogP contribution in [0.4, 0.5) is 0 Å². The molecule has 5 nitrogen and oxygen atoms in total. The van der Waals surface area contributed by atoms with E-state index in [1.165, 1.54) is 0 Å². The fourth-order valence-corrected chi connectivity index (χ4v) is 1.92. The van der Waals surface area contributed by atoms with E-state index in [4.69, 9.17) is 22.3 Å². The number of benzene rings is 2. The summed E-state index contributed by atoms with van der Waals surface area (Å²) >= 11 is 0. The van der Waals surface area contributed by atoms with Gasteiger partial charge in [0.2, 0.25) is 0 Å². The van der Waals surface area contributed by atoms with Gasteiger partial charge in [0, 0.05) is 0 Å². The highest BCUT2D eigenvalue weighted by atomic mass is 16.3. The lowest BCUT2D eigenvalue weighted by Gasteiger charge is -2.09. The highest BCUT2D eigenvalue weighted by molar-refractivity contribution is 6.05. The van der Waals surface area contributed by atoms with Gasteiger partial charge in [0.1, 0.15) is 17.4 Å². The lowest BCUT2D eigenvalue weighted by Crippen LogP contribution is -2.16. The molecule has 0 fully saturated rings. The Morgan fingerprint density at radius 2 is 1.33 bits per heavy atom. The number of nitrogen functional groups attached to an aromatic ring is 2. The molecule has 0 saturated carbocycles. The monoisotopic (exact) mass is 280 g/mol. The smallest absolute Gasteiger partial charge is 0.137 e. The molecular weight excluding hydrogens is 264 g/mol. The molecule has 7 N–H and O–H groups in total. The topological polar surface area (TPSA) is 120 Å². The van der Waals surface area contributed by atoms with Crippen molar-refractivity contribution in [2.24, 2.45) is 11.5 Å². The molecule has 0 saturated heterocycles. The molecule has 2 aromatic rings. The minimum atomic E-state index is -0.273. The van der Waals surface area contributed by atoms with Crippen LogP contribution in [0.5, 0.6) is 5.75 Å². The van der Waals surface area contributed by atoms with Crippen molar-refractivity contribution in [2.45, 2.75) is 0 Å². The van der Waals surface area contributed by atoms with Crippen LogP contribution in [0.2, 0.25) is 0 Å². The van der Waals surface area contributed by atoms with Crippen LogP contribution >= 0.6 is 0 Å². The highest BCUT2D eigenvalue weighted by Gasteiger charge is 2.13. The van der Waals surface area contributed by atoms with Gasteiger partial charge in [-0.15, -0.1) is 0 Å². The van der Waals surface area contributed by atoms with Gasteiger partial charge >= 0.3 is 0 Å². The van der Waals surface area contributed by atoms with Crippen molar-refractivity contribution < 1.29 is 5.11 Å². The van der Waals surface area contributed by atoms with Gasteiger partial charge in [0.15, 0.2) is 0 Å². The maximum Gasteiger partial charge on any atom is 0.137 e. The van der Waals surface area contributed by atoms with E-state index in [0.29, 0.717) is 5.56 Å². The van der Waals surface area contributed by atoms with E-state index in [0.717, 1.165) is 5.56 Å². The minimum Gasteiger partial charge on any atom is -0.506 e. The number of phenolic OH excluding ortho intramolecular Hbond substituents is 1. The number of nitrogens with one attached hydrogen (secondary N) is 2. The molecule has 0 unspecified atom stereocenters. The summed E-state index contributed by atoms with van der Waals surface area (Å²) in [5.74, 6) is -0.790. The van der Waals surface area contributed by atoms with Crippen LogP contribution in [-0.2, 0) is 0 Å². The first-order valence-corrected chi connectivity index (χ1v) is 6.28. The van der Waals surface area contributed by atoms with Crippen LogP contribution in [-0.4, -0.2) is 16.8 Å². The van der Waals surface area contributed by atoms with Crippen LogP contribution in [0.3, 0.4) is 0 Å². The van der Waals surface area contributed by atoms with Gasteiger partial charge in [-0.1, -0.05) is 42.5 Å². The molecule has 0 bridgehead atoms. The molecule has 0 radical (unpaired) electrons. The van der Waals surface area contributed by atoms with Gasteiger partial charge in [0.25, 0.3) is 0 Å².